The number of carbonyl (C=O) groups is 1. The summed E-state index contributed by atoms with van der Waals surface area (Å²) in [6.45, 7) is 3.24. The van der Waals surface area contributed by atoms with Crippen LogP contribution in [0.1, 0.15) is 23.2 Å². The van der Waals surface area contributed by atoms with E-state index in [4.69, 9.17) is 9.84 Å². The Kier molecular flexibility index (Phi) is 2.96. The predicted molar refractivity (Wildman–Crippen MR) is 67.0 cm³/mol. The van der Waals surface area contributed by atoms with Crippen LogP contribution in [0.25, 0.3) is 0 Å². The SMILES string of the molecule is O=C(O)c1ccccc1OC1CN2CCC1CC2. The zero-order valence-corrected chi connectivity index (χ0v) is 10.2. The number of hydrogen-bond donors (Lipinski definition) is 1. The third-order valence-electron chi connectivity index (χ3n) is 3.99. The molecule has 0 radical (unpaired) electrons. The van der Waals surface area contributed by atoms with E-state index in [2.05, 4.69) is 4.90 Å². The van der Waals surface area contributed by atoms with E-state index in [9.17, 15) is 4.79 Å². The van der Waals surface area contributed by atoms with E-state index >= 15 is 0 Å². The maximum Gasteiger partial charge on any atom is 0.339 e. The first-order valence-electron chi connectivity index (χ1n) is 6.45. The number of benzene rings is 1. The van der Waals surface area contributed by atoms with Gasteiger partial charge in [0.1, 0.15) is 17.4 Å². The molecule has 0 amide bonds. The third-order valence-corrected chi connectivity index (χ3v) is 3.99. The topological polar surface area (TPSA) is 49.8 Å². The molecule has 96 valence electrons. The van der Waals surface area contributed by atoms with Crippen LogP contribution in [0.15, 0.2) is 24.3 Å². The number of hydrogen-bond acceptors (Lipinski definition) is 3. The van der Waals surface area contributed by atoms with Crippen molar-refractivity contribution >= 4 is 5.97 Å². The molecule has 1 N–H and O–H groups in total. The zero-order chi connectivity index (χ0) is 12.5. The van der Waals surface area contributed by atoms with Crippen molar-refractivity contribution in [2.24, 2.45) is 5.92 Å². The fourth-order valence-corrected chi connectivity index (χ4v) is 2.95. The molecule has 3 fully saturated rings. The van der Waals surface area contributed by atoms with Crippen LogP contribution in [0, 0.1) is 5.92 Å². The normalized spacial score (nSPS) is 30.1. The van der Waals surface area contributed by atoms with Crippen molar-refractivity contribution in [3.63, 3.8) is 0 Å². The molecule has 1 aromatic carbocycles. The van der Waals surface area contributed by atoms with Crippen LogP contribution < -0.4 is 4.74 Å². The molecule has 2 bridgehead atoms. The molecule has 1 atom stereocenters. The maximum absolute atomic E-state index is 11.1. The minimum absolute atomic E-state index is 0.146. The second-order valence-electron chi connectivity index (χ2n) is 5.10. The minimum Gasteiger partial charge on any atom is -0.488 e. The van der Waals surface area contributed by atoms with Crippen LogP contribution in [0.4, 0.5) is 0 Å². The summed E-state index contributed by atoms with van der Waals surface area (Å²) in [5.41, 5.74) is 0.258. The summed E-state index contributed by atoms with van der Waals surface area (Å²) < 4.78 is 5.96. The van der Waals surface area contributed by atoms with Gasteiger partial charge in [0.2, 0.25) is 0 Å². The van der Waals surface area contributed by atoms with Crippen molar-refractivity contribution in [1.29, 1.82) is 0 Å². The largest absolute Gasteiger partial charge is 0.488 e. The molecule has 3 heterocycles. The van der Waals surface area contributed by atoms with Gasteiger partial charge in [-0.1, -0.05) is 12.1 Å². The highest BCUT2D eigenvalue weighted by molar-refractivity contribution is 5.90. The first-order valence-corrected chi connectivity index (χ1v) is 6.45. The van der Waals surface area contributed by atoms with Crippen LogP contribution in [0.3, 0.4) is 0 Å². The molecule has 18 heavy (non-hydrogen) atoms. The number of para-hydroxylation sites is 1. The standard InChI is InChI=1S/C14H17NO3/c16-14(17)11-3-1-2-4-12(11)18-13-9-15-7-5-10(13)6-8-15/h1-4,10,13H,5-9H2,(H,16,17). The quantitative estimate of drug-likeness (QED) is 0.885. The first kappa shape index (κ1) is 11.5. The van der Waals surface area contributed by atoms with E-state index in [0.29, 0.717) is 11.7 Å². The number of ether oxygens (including phenoxy) is 1. The Labute approximate surface area is 106 Å². The molecule has 4 nitrogen and oxygen atoms in total. The molecule has 1 aromatic rings. The summed E-state index contributed by atoms with van der Waals surface area (Å²) in [4.78, 5) is 13.5. The van der Waals surface area contributed by atoms with Crippen LogP contribution in [0.5, 0.6) is 5.75 Å². The summed E-state index contributed by atoms with van der Waals surface area (Å²) in [6.07, 6.45) is 2.48. The number of rotatable bonds is 3. The van der Waals surface area contributed by atoms with Gasteiger partial charge in [0, 0.05) is 6.54 Å². The van der Waals surface area contributed by atoms with Gasteiger partial charge in [0.15, 0.2) is 0 Å². The smallest absolute Gasteiger partial charge is 0.339 e. The van der Waals surface area contributed by atoms with Crippen molar-refractivity contribution in [3.05, 3.63) is 29.8 Å². The Morgan fingerprint density at radius 2 is 2.00 bits per heavy atom. The highest BCUT2D eigenvalue weighted by Gasteiger charge is 2.35. The van der Waals surface area contributed by atoms with Gasteiger partial charge in [0.25, 0.3) is 0 Å². The Hall–Kier alpha value is -1.55. The number of fused-ring (bicyclic) bond motifs is 3. The molecule has 0 spiro atoms. The summed E-state index contributed by atoms with van der Waals surface area (Å²) in [5, 5.41) is 9.14. The van der Waals surface area contributed by atoms with Crippen LogP contribution in [-0.2, 0) is 0 Å². The third kappa shape index (κ3) is 2.08. The molecule has 4 heteroatoms. The van der Waals surface area contributed by atoms with E-state index in [0.717, 1.165) is 19.6 Å². The molecule has 3 aliphatic rings. The molecule has 0 saturated carbocycles. The number of piperidine rings is 3. The summed E-state index contributed by atoms with van der Waals surface area (Å²) in [6, 6.07) is 6.90. The van der Waals surface area contributed by atoms with Crippen LogP contribution in [0.2, 0.25) is 0 Å². The Morgan fingerprint density at radius 1 is 1.28 bits per heavy atom. The van der Waals surface area contributed by atoms with Crippen molar-refractivity contribution in [2.45, 2.75) is 18.9 Å². The van der Waals surface area contributed by atoms with Gasteiger partial charge in [-0.15, -0.1) is 0 Å². The summed E-state index contributed by atoms with van der Waals surface area (Å²) in [5.74, 6) is 0.160. The average molecular weight is 247 g/mol. The van der Waals surface area contributed by atoms with Crippen LogP contribution in [-0.4, -0.2) is 41.7 Å². The number of carboxylic acids is 1. The lowest BCUT2D eigenvalue weighted by Crippen LogP contribution is -2.52. The van der Waals surface area contributed by atoms with Gasteiger partial charge in [-0.05, 0) is 44.0 Å². The zero-order valence-electron chi connectivity index (χ0n) is 10.2. The lowest BCUT2D eigenvalue weighted by atomic mass is 9.86. The summed E-state index contributed by atoms with van der Waals surface area (Å²) in [7, 11) is 0. The van der Waals surface area contributed by atoms with Crippen LogP contribution >= 0.6 is 0 Å². The van der Waals surface area contributed by atoms with Gasteiger partial charge >= 0.3 is 5.97 Å². The molecule has 3 aliphatic heterocycles. The van der Waals surface area contributed by atoms with E-state index in [1.165, 1.54) is 12.8 Å². The second kappa shape index (κ2) is 4.61. The molecule has 3 saturated heterocycles. The average Bonchev–Trinajstić information content (AvgIpc) is 2.40. The van der Waals surface area contributed by atoms with Gasteiger partial charge in [0.05, 0.1) is 0 Å². The Bertz CT molecular complexity index is 452. The van der Waals surface area contributed by atoms with Gasteiger partial charge in [-0.25, -0.2) is 4.79 Å². The van der Waals surface area contributed by atoms with Crippen molar-refractivity contribution in [2.75, 3.05) is 19.6 Å². The van der Waals surface area contributed by atoms with E-state index in [-0.39, 0.29) is 11.7 Å². The first-order chi connectivity index (χ1) is 8.74. The lowest BCUT2D eigenvalue weighted by molar-refractivity contribution is -0.00833. The monoisotopic (exact) mass is 247 g/mol. The molecular formula is C14H17NO3. The van der Waals surface area contributed by atoms with Crippen molar-refractivity contribution in [3.8, 4) is 5.75 Å². The number of aromatic carboxylic acids is 1. The van der Waals surface area contributed by atoms with E-state index in [1.54, 1.807) is 18.2 Å². The highest BCUT2D eigenvalue weighted by atomic mass is 16.5. The van der Waals surface area contributed by atoms with Crippen molar-refractivity contribution < 1.29 is 14.6 Å². The van der Waals surface area contributed by atoms with Gasteiger partial charge in [-0.2, -0.15) is 0 Å². The van der Waals surface area contributed by atoms with Gasteiger partial charge < -0.3 is 9.84 Å². The predicted octanol–water partition coefficient (Wildman–Crippen LogP) is 1.86. The molecule has 1 unspecified atom stereocenters. The maximum atomic E-state index is 11.1. The minimum atomic E-state index is -0.924. The van der Waals surface area contributed by atoms with E-state index < -0.39 is 5.97 Å². The molecule has 0 aromatic heterocycles. The Balaban J connectivity index is 1.78. The molecule has 0 aliphatic carbocycles. The Morgan fingerprint density at radius 3 is 2.61 bits per heavy atom. The van der Waals surface area contributed by atoms with Crippen molar-refractivity contribution in [1.82, 2.24) is 4.90 Å². The lowest BCUT2D eigenvalue weighted by Gasteiger charge is -2.44. The fraction of sp³-hybridized carbons (Fsp3) is 0.500. The molecular weight excluding hydrogens is 230 g/mol. The molecule has 4 rings (SSSR count). The second-order valence-corrected chi connectivity index (χ2v) is 5.10. The van der Waals surface area contributed by atoms with E-state index in [1.807, 2.05) is 6.07 Å². The number of carboxylic acid groups (broad SMARTS) is 1. The number of nitrogens with zero attached hydrogens (tertiary/aromatic N) is 1. The highest BCUT2D eigenvalue weighted by Crippen LogP contribution is 2.31. The van der Waals surface area contributed by atoms with Gasteiger partial charge in [-0.3, -0.25) is 4.90 Å². The summed E-state index contributed by atoms with van der Waals surface area (Å²) >= 11 is 0. The fourth-order valence-electron chi connectivity index (χ4n) is 2.95.